The first-order valence-electron chi connectivity index (χ1n) is 11.0. The number of pyridine rings is 1. The van der Waals surface area contributed by atoms with Crippen LogP contribution < -0.4 is 10.6 Å². The highest BCUT2D eigenvalue weighted by atomic mass is 16.3. The van der Waals surface area contributed by atoms with Gasteiger partial charge in [0.05, 0.1) is 18.0 Å². The third kappa shape index (κ3) is 7.95. The van der Waals surface area contributed by atoms with Crippen molar-refractivity contribution >= 4 is 17.6 Å². The Hall–Kier alpha value is -3.89. The van der Waals surface area contributed by atoms with Gasteiger partial charge in [-0.2, -0.15) is 0 Å². The van der Waals surface area contributed by atoms with Gasteiger partial charge in [0, 0.05) is 18.7 Å². The number of anilines is 2. The van der Waals surface area contributed by atoms with Crippen LogP contribution in [0.2, 0.25) is 0 Å². The predicted octanol–water partition coefficient (Wildman–Crippen LogP) is 5.93. The minimum absolute atomic E-state index is 0.518. The maximum atomic E-state index is 10.3. The molecule has 1 atom stereocenters. The number of nitrogens with two attached hydrogens (primary N) is 1. The summed E-state index contributed by atoms with van der Waals surface area (Å²) < 4.78 is 0. The highest BCUT2D eigenvalue weighted by molar-refractivity contribution is 5.67. The maximum Gasteiger partial charge on any atom is 0.129 e. The maximum absolute atomic E-state index is 10.3. The van der Waals surface area contributed by atoms with Crippen molar-refractivity contribution in [2.24, 2.45) is 0 Å². The van der Waals surface area contributed by atoms with Crippen molar-refractivity contribution in [1.82, 2.24) is 4.98 Å². The summed E-state index contributed by atoms with van der Waals surface area (Å²) in [6.07, 6.45) is 14.5. The molecule has 0 aliphatic carbocycles. The highest BCUT2D eigenvalue weighted by Gasteiger charge is 2.12. The monoisotopic (exact) mass is 437 g/mol. The minimum atomic E-state index is -0.598. The number of rotatable bonds is 11. The normalized spacial score (nSPS) is 12.5. The smallest absolute Gasteiger partial charge is 0.129 e. The lowest BCUT2D eigenvalue weighted by Gasteiger charge is -2.25. The topological polar surface area (TPSA) is 62.4 Å². The van der Waals surface area contributed by atoms with Gasteiger partial charge in [-0.15, -0.1) is 0 Å². The van der Waals surface area contributed by atoms with Crippen LogP contribution in [0.25, 0.3) is 6.08 Å². The average Bonchev–Trinajstić information content (AvgIpc) is 2.84. The van der Waals surface area contributed by atoms with E-state index in [1.54, 1.807) is 18.3 Å². The Balaban J connectivity index is 1.79. The van der Waals surface area contributed by atoms with Crippen molar-refractivity contribution < 1.29 is 5.11 Å². The molecule has 2 aromatic carbocycles. The third-order valence-electron chi connectivity index (χ3n) is 5.08. The predicted molar refractivity (Wildman–Crippen MR) is 140 cm³/mol. The number of hydrogen-bond donors (Lipinski definition) is 2. The summed E-state index contributed by atoms with van der Waals surface area (Å²) in [6.45, 7) is 5.08. The number of hydrogen-bond acceptors (Lipinski definition) is 4. The van der Waals surface area contributed by atoms with Crippen LogP contribution >= 0.6 is 0 Å². The fourth-order valence-electron chi connectivity index (χ4n) is 3.35. The third-order valence-corrected chi connectivity index (χ3v) is 5.08. The van der Waals surface area contributed by atoms with E-state index in [0.29, 0.717) is 12.1 Å². The Morgan fingerprint density at radius 3 is 2.18 bits per heavy atom. The standard InChI is InChI=1S/C29H31N3O/c1-2-3-4-5-12-17-27(33)19-18-26-20-29(31-21-28(26)30)32(22-24-13-8-6-9-14-24)23-25-15-10-7-11-16-25/h2-16,18-21,27,33H,1,17,22-23,30H2/b4-3-,12-5-,19-18+. The number of nitrogens with zero attached hydrogens (tertiary/aromatic N) is 2. The number of aliphatic hydroxyl groups excluding tert-OH is 1. The summed E-state index contributed by atoms with van der Waals surface area (Å²) in [5.41, 5.74) is 10.0. The van der Waals surface area contributed by atoms with Gasteiger partial charge in [0.25, 0.3) is 0 Å². The van der Waals surface area contributed by atoms with E-state index < -0.39 is 6.10 Å². The van der Waals surface area contributed by atoms with Crippen LogP contribution in [0.4, 0.5) is 11.5 Å². The number of nitrogen functional groups attached to an aromatic ring is 1. The second-order valence-corrected chi connectivity index (χ2v) is 7.71. The summed E-state index contributed by atoms with van der Waals surface area (Å²) in [4.78, 5) is 6.84. The summed E-state index contributed by atoms with van der Waals surface area (Å²) in [5.74, 6) is 0.834. The largest absolute Gasteiger partial charge is 0.397 e. The number of aliphatic hydroxyl groups is 1. The quantitative estimate of drug-likeness (QED) is 0.365. The van der Waals surface area contributed by atoms with E-state index in [2.05, 4.69) is 40.7 Å². The lowest BCUT2D eigenvalue weighted by Crippen LogP contribution is -2.23. The zero-order chi connectivity index (χ0) is 23.3. The van der Waals surface area contributed by atoms with Crippen molar-refractivity contribution in [3.05, 3.63) is 133 Å². The van der Waals surface area contributed by atoms with Crippen molar-refractivity contribution in [2.75, 3.05) is 10.6 Å². The van der Waals surface area contributed by atoms with E-state index in [1.807, 2.05) is 72.8 Å². The summed E-state index contributed by atoms with van der Waals surface area (Å²) in [6, 6.07) is 22.7. The molecule has 0 fully saturated rings. The molecule has 3 rings (SSSR count). The molecule has 0 aliphatic rings. The molecule has 0 amide bonds. The number of allylic oxidation sites excluding steroid dienone is 4. The molecular weight excluding hydrogens is 406 g/mol. The van der Waals surface area contributed by atoms with Gasteiger partial charge in [-0.1, -0.05) is 110 Å². The Morgan fingerprint density at radius 1 is 0.939 bits per heavy atom. The van der Waals surface area contributed by atoms with Crippen LogP contribution in [0.15, 0.2) is 116 Å². The van der Waals surface area contributed by atoms with Crippen molar-refractivity contribution in [1.29, 1.82) is 0 Å². The molecule has 3 N–H and O–H groups in total. The van der Waals surface area contributed by atoms with Crippen LogP contribution in [0.5, 0.6) is 0 Å². The number of aromatic nitrogens is 1. The van der Waals surface area contributed by atoms with Gasteiger partial charge >= 0.3 is 0 Å². The Morgan fingerprint density at radius 2 is 1.58 bits per heavy atom. The average molecular weight is 438 g/mol. The molecule has 33 heavy (non-hydrogen) atoms. The Kier molecular flexibility index (Phi) is 9.25. The second kappa shape index (κ2) is 12.8. The molecule has 1 heterocycles. The lowest BCUT2D eigenvalue weighted by atomic mass is 10.1. The van der Waals surface area contributed by atoms with Gasteiger partial charge < -0.3 is 15.7 Å². The van der Waals surface area contributed by atoms with Crippen LogP contribution in [-0.2, 0) is 13.1 Å². The Labute approximate surface area is 196 Å². The SMILES string of the molecule is C=C/C=C\C=C/CC(O)/C=C/c1cc(N(Cc2ccccc2)Cc2ccccc2)ncc1N. The zero-order valence-corrected chi connectivity index (χ0v) is 18.8. The van der Waals surface area contributed by atoms with E-state index in [0.717, 1.165) is 24.5 Å². The fourth-order valence-corrected chi connectivity index (χ4v) is 3.35. The van der Waals surface area contributed by atoms with Gasteiger partial charge in [-0.3, -0.25) is 0 Å². The first kappa shape index (κ1) is 23.8. The molecule has 1 unspecified atom stereocenters. The van der Waals surface area contributed by atoms with Gasteiger partial charge in [0.1, 0.15) is 5.82 Å². The molecule has 4 heteroatoms. The molecule has 0 saturated heterocycles. The summed E-state index contributed by atoms with van der Waals surface area (Å²) >= 11 is 0. The minimum Gasteiger partial charge on any atom is -0.397 e. The van der Waals surface area contributed by atoms with Crippen molar-refractivity contribution in [3.63, 3.8) is 0 Å². The zero-order valence-electron chi connectivity index (χ0n) is 18.8. The van der Waals surface area contributed by atoms with Crippen LogP contribution in [0, 0.1) is 0 Å². The molecule has 0 aliphatic heterocycles. The second-order valence-electron chi connectivity index (χ2n) is 7.71. The molecule has 3 aromatic rings. The molecule has 168 valence electrons. The van der Waals surface area contributed by atoms with Crippen molar-refractivity contribution in [3.8, 4) is 0 Å². The summed E-state index contributed by atoms with van der Waals surface area (Å²) in [7, 11) is 0. The van der Waals surface area contributed by atoms with Gasteiger partial charge in [-0.05, 0) is 23.6 Å². The molecule has 1 aromatic heterocycles. The van der Waals surface area contributed by atoms with Crippen LogP contribution in [-0.4, -0.2) is 16.2 Å². The van der Waals surface area contributed by atoms with Crippen LogP contribution in [0.1, 0.15) is 23.1 Å². The van der Waals surface area contributed by atoms with E-state index in [9.17, 15) is 5.11 Å². The first-order chi connectivity index (χ1) is 16.2. The molecule has 0 saturated carbocycles. The van der Waals surface area contributed by atoms with Gasteiger partial charge in [0.2, 0.25) is 0 Å². The van der Waals surface area contributed by atoms with Gasteiger partial charge in [0.15, 0.2) is 0 Å². The molecule has 4 nitrogen and oxygen atoms in total. The molecular formula is C29H31N3O. The first-order valence-corrected chi connectivity index (χ1v) is 11.0. The lowest BCUT2D eigenvalue weighted by molar-refractivity contribution is 0.228. The van der Waals surface area contributed by atoms with E-state index in [1.165, 1.54) is 11.1 Å². The summed E-state index contributed by atoms with van der Waals surface area (Å²) in [5, 5.41) is 10.3. The van der Waals surface area contributed by atoms with Gasteiger partial charge in [-0.25, -0.2) is 4.98 Å². The molecule has 0 spiro atoms. The highest BCUT2D eigenvalue weighted by Crippen LogP contribution is 2.23. The Bertz CT molecular complexity index is 1050. The van der Waals surface area contributed by atoms with E-state index in [4.69, 9.17) is 5.73 Å². The van der Waals surface area contributed by atoms with Crippen molar-refractivity contribution in [2.45, 2.75) is 25.6 Å². The molecule has 0 radical (unpaired) electrons. The van der Waals surface area contributed by atoms with E-state index in [-0.39, 0.29) is 0 Å². The van der Waals surface area contributed by atoms with E-state index >= 15 is 0 Å². The fraction of sp³-hybridized carbons (Fsp3) is 0.138. The number of benzene rings is 2. The molecule has 0 bridgehead atoms. The van der Waals surface area contributed by atoms with Crippen LogP contribution in [0.3, 0.4) is 0 Å².